The first-order valence-corrected chi connectivity index (χ1v) is 5.77. The molecule has 0 aliphatic heterocycles. The fourth-order valence-electron chi connectivity index (χ4n) is 1.88. The number of rotatable bonds is 4. The van der Waals surface area contributed by atoms with Gasteiger partial charge in [0.25, 0.3) is 0 Å². The molecule has 1 atom stereocenters. The van der Waals surface area contributed by atoms with E-state index in [9.17, 15) is 8.78 Å². The normalized spacial score (nSPS) is 12.4. The predicted octanol–water partition coefficient (Wildman–Crippen LogP) is 2.99. The molecule has 94 valence electrons. The lowest BCUT2D eigenvalue weighted by atomic mass is 9.99. The van der Waals surface area contributed by atoms with Crippen molar-refractivity contribution in [1.29, 1.82) is 0 Å². The van der Waals surface area contributed by atoms with Gasteiger partial charge in [-0.1, -0.05) is 12.1 Å². The highest BCUT2D eigenvalue weighted by atomic mass is 19.1. The van der Waals surface area contributed by atoms with Crippen LogP contribution in [0.25, 0.3) is 0 Å². The molecule has 2 rings (SSSR count). The summed E-state index contributed by atoms with van der Waals surface area (Å²) in [5.41, 5.74) is 6.81. The maximum absolute atomic E-state index is 13.5. The second kappa shape index (κ2) is 5.69. The Kier molecular flexibility index (Phi) is 3.99. The van der Waals surface area contributed by atoms with Crippen LogP contribution in [0, 0.1) is 11.6 Å². The topological polar surface area (TPSA) is 38.9 Å². The fourth-order valence-corrected chi connectivity index (χ4v) is 1.88. The lowest BCUT2D eigenvalue weighted by molar-refractivity contribution is 0.512. The first-order chi connectivity index (χ1) is 8.68. The molecule has 0 bridgehead atoms. The van der Waals surface area contributed by atoms with Gasteiger partial charge in [0.2, 0.25) is 0 Å². The molecule has 2 aromatic rings. The fraction of sp³-hybridized carbons (Fsp3) is 0.214. The number of hydrogen-bond donors (Lipinski definition) is 1. The van der Waals surface area contributed by atoms with Gasteiger partial charge in [0.05, 0.1) is 0 Å². The molecule has 0 saturated carbocycles. The number of halogens is 2. The lowest BCUT2D eigenvalue weighted by Crippen LogP contribution is -2.15. The highest BCUT2D eigenvalue weighted by Crippen LogP contribution is 2.22. The molecule has 18 heavy (non-hydrogen) atoms. The number of hydrogen-bond acceptors (Lipinski definition) is 2. The van der Waals surface area contributed by atoms with Crippen LogP contribution >= 0.6 is 0 Å². The van der Waals surface area contributed by atoms with Gasteiger partial charge in [-0.25, -0.2) is 8.78 Å². The molecule has 1 unspecified atom stereocenters. The van der Waals surface area contributed by atoms with E-state index in [2.05, 4.69) is 4.98 Å². The van der Waals surface area contributed by atoms with Crippen LogP contribution in [-0.2, 0) is 6.42 Å². The summed E-state index contributed by atoms with van der Waals surface area (Å²) in [6.45, 7) is 0. The van der Waals surface area contributed by atoms with Crippen molar-refractivity contribution in [2.45, 2.75) is 18.9 Å². The lowest BCUT2D eigenvalue weighted by Gasteiger charge is -2.13. The van der Waals surface area contributed by atoms with E-state index < -0.39 is 17.7 Å². The first kappa shape index (κ1) is 12.6. The van der Waals surface area contributed by atoms with Gasteiger partial charge in [0.1, 0.15) is 11.6 Å². The van der Waals surface area contributed by atoms with E-state index in [1.165, 1.54) is 18.2 Å². The largest absolute Gasteiger partial charge is 0.324 e. The van der Waals surface area contributed by atoms with Crippen molar-refractivity contribution in [3.63, 3.8) is 0 Å². The second-order valence-corrected chi connectivity index (χ2v) is 4.14. The van der Waals surface area contributed by atoms with Crippen molar-refractivity contribution in [2.75, 3.05) is 0 Å². The molecule has 0 aliphatic rings. The van der Waals surface area contributed by atoms with E-state index in [-0.39, 0.29) is 5.56 Å². The molecular weight excluding hydrogens is 234 g/mol. The minimum absolute atomic E-state index is 0.0404. The summed E-state index contributed by atoms with van der Waals surface area (Å²) in [5.74, 6) is -1.18. The third kappa shape index (κ3) is 2.90. The molecule has 0 spiro atoms. The number of aromatic nitrogens is 1. The molecular formula is C14H14F2N2. The summed E-state index contributed by atoms with van der Waals surface area (Å²) in [7, 11) is 0. The van der Waals surface area contributed by atoms with Crippen LogP contribution in [0.15, 0.2) is 42.7 Å². The zero-order chi connectivity index (χ0) is 13.0. The maximum atomic E-state index is 13.5. The number of benzene rings is 1. The summed E-state index contributed by atoms with van der Waals surface area (Å²) in [4.78, 5) is 3.98. The molecule has 0 saturated heterocycles. The van der Waals surface area contributed by atoms with Crippen molar-refractivity contribution in [2.24, 2.45) is 5.73 Å². The van der Waals surface area contributed by atoms with Crippen molar-refractivity contribution in [3.8, 4) is 0 Å². The smallest absolute Gasteiger partial charge is 0.130 e. The van der Waals surface area contributed by atoms with E-state index >= 15 is 0 Å². The second-order valence-electron chi connectivity index (χ2n) is 4.14. The SMILES string of the molecule is NC(CCc1cccnc1)c1c(F)cccc1F. The average molecular weight is 248 g/mol. The van der Waals surface area contributed by atoms with Crippen molar-refractivity contribution < 1.29 is 8.78 Å². The zero-order valence-corrected chi connectivity index (χ0v) is 9.81. The summed E-state index contributed by atoms with van der Waals surface area (Å²) in [6.07, 6.45) is 4.52. The van der Waals surface area contributed by atoms with E-state index in [1.807, 2.05) is 12.1 Å². The van der Waals surface area contributed by atoms with Crippen LogP contribution in [0.2, 0.25) is 0 Å². The van der Waals surface area contributed by atoms with Gasteiger partial charge in [-0.15, -0.1) is 0 Å². The van der Waals surface area contributed by atoms with Gasteiger partial charge >= 0.3 is 0 Å². The average Bonchev–Trinajstić information content (AvgIpc) is 2.37. The molecule has 1 aromatic carbocycles. The molecule has 2 N–H and O–H groups in total. The number of nitrogens with two attached hydrogens (primary N) is 1. The quantitative estimate of drug-likeness (QED) is 0.903. The summed E-state index contributed by atoms with van der Waals surface area (Å²) in [6, 6.07) is 6.88. The van der Waals surface area contributed by atoms with Crippen LogP contribution in [0.1, 0.15) is 23.6 Å². The van der Waals surface area contributed by atoms with E-state index in [4.69, 9.17) is 5.73 Å². The molecule has 1 heterocycles. The van der Waals surface area contributed by atoms with Gasteiger partial charge in [-0.2, -0.15) is 0 Å². The first-order valence-electron chi connectivity index (χ1n) is 5.77. The van der Waals surface area contributed by atoms with Crippen molar-refractivity contribution in [3.05, 3.63) is 65.5 Å². The Morgan fingerprint density at radius 3 is 2.44 bits per heavy atom. The highest BCUT2D eigenvalue weighted by molar-refractivity contribution is 5.23. The Hall–Kier alpha value is -1.81. The summed E-state index contributed by atoms with van der Waals surface area (Å²) < 4.78 is 27.0. The van der Waals surface area contributed by atoms with E-state index in [0.29, 0.717) is 12.8 Å². The minimum atomic E-state index is -0.647. The Bertz CT molecular complexity index is 494. The van der Waals surface area contributed by atoms with Crippen molar-refractivity contribution in [1.82, 2.24) is 4.98 Å². The van der Waals surface area contributed by atoms with Gasteiger partial charge < -0.3 is 5.73 Å². The minimum Gasteiger partial charge on any atom is -0.324 e. The molecule has 0 aliphatic carbocycles. The summed E-state index contributed by atoms with van der Waals surface area (Å²) in [5, 5.41) is 0. The Morgan fingerprint density at radius 1 is 1.11 bits per heavy atom. The molecule has 0 amide bonds. The van der Waals surface area contributed by atoms with Crippen LogP contribution in [0.3, 0.4) is 0 Å². The molecule has 0 fully saturated rings. The Labute approximate surface area is 104 Å². The Morgan fingerprint density at radius 2 is 1.83 bits per heavy atom. The van der Waals surface area contributed by atoms with Gasteiger partial charge in [-0.3, -0.25) is 4.98 Å². The van der Waals surface area contributed by atoms with Gasteiger partial charge in [-0.05, 0) is 36.6 Å². The monoisotopic (exact) mass is 248 g/mol. The highest BCUT2D eigenvalue weighted by Gasteiger charge is 2.16. The van der Waals surface area contributed by atoms with Crippen LogP contribution < -0.4 is 5.73 Å². The van der Waals surface area contributed by atoms with Crippen LogP contribution in [-0.4, -0.2) is 4.98 Å². The van der Waals surface area contributed by atoms with Crippen LogP contribution in [0.4, 0.5) is 8.78 Å². The predicted molar refractivity (Wildman–Crippen MR) is 65.8 cm³/mol. The number of aryl methyl sites for hydroxylation is 1. The summed E-state index contributed by atoms with van der Waals surface area (Å²) >= 11 is 0. The maximum Gasteiger partial charge on any atom is 0.130 e. The third-order valence-corrected chi connectivity index (χ3v) is 2.84. The standard InChI is InChI=1S/C14H14F2N2/c15-11-4-1-5-12(16)14(11)13(17)7-6-10-3-2-8-18-9-10/h1-5,8-9,13H,6-7,17H2. The Balaban J connectivity index is 2.06. The molecule has 0 radical (unpaired) electrons. The molecule has 4 heteroatoms. The van der Waals surface area contributed by atoms with E-state index in [0.717, 1.165) is 5.56 Å². The van der Waals surface area contributed by atoms with Gasteiger partial charge in [0, 0.05) is 24.0 Å². The van der Waals surface area contributed by atoms with Crippen molar-refractivity contribution >= 4 is 0 Å². The molecule has 1 aromatic heterocycles. The van der Waals surface area contributed by atoms with Crippen LogP contribution in [0.5, 0.6) is 0 Å². The third-order valence-electron chi connectivity index (χ3n) is 2.84. The number of pyridine rings is 1. The van der Waals surface area contributed by atoms with Gasteiger partial charge in [0.15, 0.2) is 0 Å². The number of nitrogens with zero attached hydrogens (tertiary/aromatic N) is 1. The van der Waals surface area contributed by atoms with E-state index in [1.54, 1.807) is 12.4 Å². The molecule has 2 nitrogen and oxygen atoms in total. The zero-order valence-electron chi connectivity index (χ0n) is 9.81.